The predicted octanol–water partition coefficient (Wildman–Crippen LogP) is 3.18. The predicted molar refractivity (Wildman–Crippen MR) is 83.8 cm³/mol. The highest BCUT2D eigenvalue weighted by Crippen LogP contribution is 2.21. The van der Waals surface area contributed by atoms with E-state index < -0.39 is 0 Å². The maximum atomic E-state index is 5.80. The molecule has 1 aromatic carbocycles. The second kappa shape index (κ2) is 6.90. The fourth-order valence-corrected chi connectivity index (χ4v) is 2.50. The van der Waals surface area contributed by atoms with Gasteiger partial charge in [0.25, 0.3) is 0 Å². The Hall–Kier alpha value is -1.33. The Morgan fingerprint density at radius 2 is 2.15 bits per heavy atom. The van der Waals surface area contributed by atoms with Gasteiger partial charge >= 0.3 is 0 Å². The zero-order valence-electron chi connectivity index (χ0n) is 12.1. The summed E-state index contributed by atoms with van der Waals surface area (Å²) >= 11 is 3.61. The molecule has 0 amide bonds. The van der Waals surface area contributed by atoms with Crippen molar-refractivity contribution < 1.29 is 4.74 Å². The Kier molecular flexibility index (Phi) is 5.20. The van der Waals surface area contributed by atoms with Crippen molar-refractivity contribution in [2.45, 2.75) is 27.0 Å². The van der Waals surface area contributed by atoms with Gasteiger partial charge in [-0.25, -0.2) is 4.68 Å². The van der Waals surface area contributed by atoms with Crippen LogP contribution in [0.2, 0.25) is 0 Å². The molecule has 0 unspecified atom stereocenters. The molecule has 0 aliphatic rings. The Morgan fingerprint density at radius 1 is 1.35 bits per heavy atom. The minimum atomic E-state index is 0.529. The number of halogens is 1. The van der Waals surface area contributed by atoms with Crippen LogP contribution in [-0.4, -0.2) is 16.3 Å². The van der Waals surface area contributed by atoms with Crippen molar-refractivity contribution in [2.75, 3.05) is 6.54 Å². The number of ether oxygens (including phenoxy) is 1. The van der Waals surface area contributed by atoms with Crippen LogP contribution in [-0.2, 0) is 20.2 Å². The third-order valence-electron chi connectivity index (χ3n) is 3.03. The van der Waals surface area contributed by atoms with E-state index in [9.17, 15) is 0 Å². The molecule has 0 atom stereocenters. The average molecular weight is 338 g/mol. The van der Waals surface area contributed by atoms with E-state index in [-0.39, 0.29) is 0 Å². The number of aryl methyl sites for hydroxylation is 2. The SMILES string of the molecule is CCNCc1ccc(COc2cc(C)nn2C)c(Br)c1. The Balaban J connectivity index is 2.01. The minimum absolute atomic E-state index is 0.529. The molecule has 0 bridgehead atoms. The maximum Gasteiger partial charge on any atom is 0.212 e. The fourth-order valence-electron chi connectivity index (χ4n) is 1.96. The van der Waals surface area contributed by atoms with Crippen LogP contribution in [0.4, 0.5) is 0 Å². The lowest BCUT2D eigenvalue weighted by molar-refractivity contribution is 0.278. The molecule has 1 aromatic heterocycles. The summed E-state index contributed by atoms with van der Waals surface area (Å²) in [5, 5.41) is 7.58. The molecule has 1 N–H and O–H groups in total. The van der Waals surface area contributed by atoms with Crippen molar-refractivity contribution in [3.63, 3.8) is 0 Å². The second-order valence-electron chi connectivity index (χ2n) is 4.74. The topological polar surface area (TPSA) is 39.1 Å². The van der Waals surface area contributed by atoms with Gasteiger partial charge in [-0.1, -0.05) is 35.0 Å². The van der Waals surface area contributed by atoms with Crippen LogP contribution >= 0.6 is 15.9 Å². The Labute approximate surface area is 128 Å². The van der Waals surface area contributed by atoms with Crippen molar-refractivity contribution in [1.29, 1.82) is 0 Å². The third-order valence-corrected chi connectivity index (χ3v) is 3.77. The molecule has 1 heterocycles. The van der Waals surface area contributed by atoms with Gasteiger partial charge < -0.3 is 10.1 Å². The van der Waals surface area contributed by atoms with Gasteiger partial charge in [-0.15, -0.1) is 0 Å². The summed E-state index contributed by atoms with van der Waals surface area (Å²) in [6.07, 6.45) is 0. The lowest BCUT2D eigenvalue weighted by atomic mass is 10.1. The first-order valence-electron chi connectivity index (χ1n) is 6.71. The first-order chi connectivity index (χ1) is 9.60. The fraction of sp³-hybridized carbons (Fsp3) is 0.400. The summed E-state index contributed by atoms with van der Waals surface area (Å²) in [6.45, 7) is 6.45. The molecule has 2 rings (SSSR count). The molecular weight excluding hydrogens is 318 g/mol. The van der Waals surface area contributed by atoms with Gasteiger partial charge in [0.2, 0.25) is 5.88 Å². The molecule has 0 saturated heterocycles. The molecule has 0 saturated carbocycles. The van der Waals surface area contributed by atoms with Gasteiger partial charge in [0.1, 0.15) is 6.61 Å². The van der Waals surface area contributed by atoms with Crippen LogP contribution in [0, 0.1) is 6.92 Å². The average Bonchev–Trinajstić information content (AvgIpc) is 2.73. The Morgan fingerprint density at radius 3 is 2.75 bits per heavy atom. The number of nitrogens with one attached hydrogen (secondary N) is 1. The third kappa shape index (κ3) is 3.84. The smallest absolute Gasteiger partial charge is 0.212 e. The molecular formula is C15H20BrN3O. The van der Waals surface area contributed by atoms with Crippen LogP contribution in [0.15, 0.2) is 28.7 Å². The molecule has 4 nitrogen and oxygen atoms in total. The van der Waals surface area contributed by atoms with Crippen molar-refractivity contribution in [1.82, 2.24) is 15.1 Å². The summed E-state index contributed by atoms with van der Waals surface area (Å²) < 4.78 is 8.63. The molecule has 2 aromatic rings. The first-order valence-corrected chi connectivity index (χ1v) is 7.51. The van der Waals surface area contributed by atoms with Gasteiger partial charge in [-0.2, -0.15) is 5.10 Å². The van der Waals surface area contributed by atoms with E-state index in [0.29, 0.717) is 6.61 Å². The lowest BCUT2D eigenvalue weighted by Gasteiger charge is -2.09. The quantitative estimate of drug-likeness (QED) is 0.879. The van der Waals surface area contributed by atoms with Crippen LogP contribution in [0.3, 0.4) is 0 Å². The summed E-state index contributed by atoms with van der Waals surface area (Å²) in [5.41, 5.74) is 3.35. The molecule has 108 valence electrons. The highest BCUT2D eigenvalue weighted by Gasteiger charge is 2.06. The molecule has 20 heavy (non-hydrogen) atoms. The number of hydrogen-bond donors (Lipinski definition) is 1. The highest BCUT2D eigenvalue weighted by atomic mass is 79.9. The van der Waals surface area contributed by atoms with Crippen LogP contribution in [0.25, 0.3) is 0 Å². The zero-order valence-corrected chi connectivity index (χ0v) is 13.7. The number of benzene rings is 1. The Bertz CT molecular complexity index is 580. The molecule has 0 spiro atoms. The van der Waals surface area contributed by atoms with E-state index in [1.807, 2.05) is 20.0 Å². The van der Waals surface area contributed by atoms with Crippen molar-refractivity contribution in [3.8, 4) is 5.88 Å². The minimum Gasteiger partial charge on any atom is -0.473 e. The van der Waals surface area contributed by atoms with Crippen molar-refractivity contribution in [3.05, 3.63) is 45.6 Å². The first kappa shape index (κ1) is 15.1. The largest absolute Gasteiger partial charge is 0.473 e. The number of hydrogen-bond acceptors (Lipinski definition) is 3. The number of rotatable bonds is 6. The van der Waals surface area contributed by atoms with E-state index in [1.165, 1.54) is 5.56 Å². The summed E-state index contributed by atoms with van der Waals surface area (Å²) in [6, 6.07) is 8.30. The van der Waals surface area contributed by atoms with E-state index in [1.54, 1.807) is 4.68 Å². The maximum absolute atomic E-state index is 5.80. The van der Waals surface area contributed by atoms with Crippen LogP contribution in [0.1, 0.15) is 23.7 Å². The second-order valence-corrected chi connectivity index (χ2v) is 5.60. The zero-order chi connectivity index (χ0) is 14.5. The summed E-state index contributed by atoms with van der Waals surface area (Å²) in [5.74, 6) is 0.783. The highest BCUT2D eigenvalue weighted by molar-refractivity contribution is 9.10. The van der Waals surface area contributed by atoms with Crippen molar-refractivity contribution in [2.24, 2.45) is 7.05 Å². The van der Waals surface area contributed by atoms with Gasteiger partial charge in [0, 0.05) is 29.7 Å². The standard InChI is InChI=1S/C15H20BrN3O/c1-4-17-9-12-5-6-13(14(16)8-12)10-20-15-7-11(2)18-19(15)3/h5-8,17H,4,9-10H2,1-3H3. The molecule has 0 fully saturated rings. The van der Waals surface area contributed by atoms with Gasteiger partial charge in [0.05, 0.1) is 5.69 Å². The number of aromatic nitrogens is 2. The van der Waals surface area contributed by atoms with E-state index >= 15 is 0 Å². The van der Waals surface area contributed by atoms with Crippen molar-refractivity contribution >= 4 is 15.9 Å². The summed E-state index contributed by atoms with van der Waals surface area (Å²) in [4.78, 5) is 0. The summed E-state index contributed by atoms with van der Waals surface area (Å²) in [7, 11) is 1.89. The van der Waals surface area contributed by atoms with Gasteiger partial charge in [0.15, 0.2) is 0 Å². The lowest BCUT2D eigenvalue weighted by Crippen LogP contribution is -2.11. The van der Waals surface area contributed by atoms with Crippen LogP contribution in [0.5, 0.6) is 5.88 Å². The van der Waals surface area contributed by atoms with E-state index in [4.69, 9.17) is 4.74 Å². The van der Waals surface area contributed by atoms with Gasteiger partial charge in [-0.05, 0) is 25.1 Å². The van der Waals surface area contributed by atoms with Crippen LogP contribution < -0.4 is 10.1 Å². The van der Waals surface area contributed by atoms with Gasteiger partial charge in [-0.3, -0.25) is 0 Å². The van der Waals surface area contributed by atoms with E-state index in [0.717, 1.165) is 34.7 Å². The van der Waals surface area contributed by atoms with E-state index in [2.05, 4.69) is 51.5 Å². The normalized spacial score (nSPS) is 10.8. The molecule has 0 radical (unpaired) electrons. The molecule has 5 heteroatoms. The molecule has 0 aliphatic heterocycles. The monoisotopic (exact) mass is 337 g/mol. The number of nitrogens with zero attached hydrogens (tertiary/aromatic N) is 2. The molecule has 0 aliphatic carbocycles.